The van der Waals surface area contributed by atoms with Crippen LogP contribution in [0.2, 0.25) is 10.0 Å². The Hall–Kier alpha value is -3.55. The topological polar surface area (TPSA) is 127 Å². The fraction of sp³-hybridized carbons (Fsp3) is 0.259. The molecule has 0 atom stereocenters. The molecule has 0 radical (unpaired) electrons. The summed E-state index contributed by atoms with van der Waals surface area (Å²) in [5, 5.41) is 4.74. The number of hydrogen-bond donors (Lipinski definition) is 1. The number of aryl methyl sites for hydroxylation is 1. The summed E-state index contributed by atoms with van der Waals surface area (Å²) >= 11 is 12.3. The monoisotopic (exact) mass is 621 g/mol. The van der Waals surface area contributed by atoms with Gasteiger partial charge in [0.05, 0.1) is 36.9 Å². The van der Waals surface area contributed by atoms with Crippen molar-refractivity contribution in [3.63, 3.8) is 0 Å². The van der Waals surface area contributed by atoms with E-state index < -0.39 is 28.6 Å². The highest BCUT2D eigenvalue weighted by Gasteiger charge is 2.35. The van der Waals surface area contributed by atoms with Crippen molar-refractivity contribution in [3.05, 3.63) is 75.5 Å². The van der Waals surface area contributed by atoms with Crippen molar-refractivity contribution in [1.82, 2.24) is 9.61 Å². The van der Waals surface area contributed by atoms with Crippen molar-refractivity contribution in [3.8, 4) is 17.2 Å². The summed E-state index contributed by atoms with van der Waals surface area (Å²) in [6, 6.07) is 10.5. The molecule has 0 bridgehead atoms. The van der Waals surface area contributed by atoms with E-state index in [-0.39, 0.29) is 38.5 Å². The van der Waals surface area contributed by atoms with Gasteiger partial charge in [-0.3, -0.25) is 9.52 Å². The number of rotatable bonds is 9. The third-order valence-corrected chi connectivity index (χ3v) is 8.36. The van der Waals surface area contributed by atoms with E-state index in [1.807, 2.05) is 0 Å². The summed E-state index contributed by atoms with van der Waals surface area (Å²) in [5.41, 5.74) is 2.13. The van der Waals surface area contributed by atoms with Crippen molar-refractivity contribution < 1.29 is 36.9 Å². The number of fused-ring (bicyclic) bond motifs is 1. The molecule has 1 saturated heterocycles. The van der Waals surface area contributed by atoms with Gasteiger partial charge in [-0.1, -0.05) is 29.3 Å². The number of sulfonamides is 1. The number of carbonyl (C=O) groups excluding carboxylic acids is 1. The molecule has 2 aromatic carbocycles. The average Bonchev–Trinajstić information content (AvgIpc) is 3.24. The number of ether oxygens (including phenoxy) is 5. The summed E-state index contributed by atoms with van der Waals surface area (Å²) in [6.07, 6.45) is 0.445. The minimum atomic E-state index is -4.26. The summed E-state index contributed by atoms with van der Waals surface area (Å²) in [7, 11) is -1.51. The number of nitrogens with one attached hydrogen (secondary N) is 1. The van der Waals surface area contributed by atoms with Crippen molar-refractivity contribution >= 4 is 50.4 Å². The van der Waals surface area contributed by atoms with Crippen LogP contribution in [0.15, 0.2) is 53.6 Å². The van der Waals surface area contributed by atoms with Crippen LogP contribution in [-0.2, 0) is 35.4 Å². The SMILES string of the molecule is COC(=O)Cc1ccc(Oc2ccn3nc(C)c(C4OC(C)O4)c3c2NS(=O)(=O)c2ccc(Cl)cc2Cl)c(OC)c1. The maximum Gasteiger partial charge on any atom is 0.309 e. The molecule has 1 N–H and O–H groups in total. The van der Waals surface area contributed by atoms with Crippen molar-refractivity contribution in [2.24, 2.45) is 0 Å². The van der Waals surface area contributed by atoms with Gasteiger partial charge in [-0.2, -0.15) is 5.10 Å². The molecular formula is C27H25Cl2N3O8S. The molecule has 41 heavy (non-hydrogen) atoms. The van der Waals surface area contributed by atoms with Crippen LogP contribution in [0.4, 0.5) is 5.69 Å². The molecule has 1 aliphatic heterocycles. The fourth-order valence-corrected chi connectivity index (χ4v) is 6.21. The highest BCUT2D eigenvalue weighted by Crippen LogP contribution is 2.44. The summed E-state index contributed by atoms with van der Waals surface area (Å²) in [5.74, 6) is 0.282. The molecular weight excluding hydrogens is 597 g/mol. The van der Waals surface area contributed by atoms with Crippen LogP contribution in [0.5, 0.6) is 17.2 Å². The third kappa shape index (κ3) is 5.79. The normalized spacial score (nSPS) is 16.7. The van der Waals surface area contributed by atoms with Gasteiger partial charge in [0.15, 0.2) is 29.8 Å². The second-order valence-electron chi connectivity index (χ2n) is 9.04. The molecule has 4 aromatic rings. The zero-order valence-electron chi connectivity index (χ0n) is 22.3. The lowest BCUT2D eigenvalue weighted by Gasteiger charge is -2.34. The Balaban J connectivity index is 1.64. The first-order valence-corrected chi connectivity index (χ1v) is 14.5. The molecule has 0 aliphatic carbocycles. The first kappa shape index (κ1) is 29.0. The van der Waals surface area contributed by atoms with Crippen LogP contribution in [0.1, 0.15) is 30.0 Å². The van der Waals surface area contributed by atoms with Crippen LogP contribution in [0.3, 0.4) is 0 Å². The Labute approximate surface area is 245 Å². The Kier molecular flexibility index (Phi) is 8.04. The number of hydrogen-bond acceptors (Lipinski definition) is 9. The van der Waals surface area contributed by atoms with Crippen LogP contribution < -0.4 is 14.2 Å². The Morgan fingerprint density at radius 2 is 1.83 bits per heavy atom. The zero-order chi connectivity index (χ0) is 29.5. The predicted octanol–water partition coefficient (Wildman–Crippen LogP) is 5.66. The fourth-order valence-electron chi connectivity index (χ4n) is 4.36. The van der Waals surface area contributed by atoms with E-state index in [1.165, 1.54) is 36.9 Å². The molecule has 0 spiro atoms. The minimum Gasteiger partial charge on any atom is -0.493 e. The maximum atomic E-state index is 13.6. The largest absolute Gasteiger partial charge is 0.493 e. The minimum absolute atomic E-state index is 0.0320. The van der Waals surface area contributed by atoms with Gasteiger partial charge in [0.2, 0.25) is 0 Å². The van der Waals surface area contributed by atoms with Gasteiger partial charge in [0.1, 0.15) is 16.1 Å². The number of benzene rings is 2. The number of aromatic nitrogens is 2. The Morgan fingerprint density at radius 3 is 2.49 bits per heavy atom. The number of nitrogens with zero attached hydrogens (tertiary/aromatic N) is 2. The van der Waals surface area contributed by atoms with E-state index in [9.17, 15) is 13.2 Å². The molecule has 2 aromatic heterocycles. The van der Waals surface area contributed by atoms with Gasteiger partial charge < -0.3 is 23.7 Å². The lowest BCUT2D eigenvalue weighted by Crippen LogP contribution is -2.32. The third-order valence-electron chi connectivity index (χ3n) is 6.29. The second-order valence-corrected chi connectivity index (χ2v) is 11.5. The molecule has 14 heteroatoms. The average molecular weight is 622 g/mol. The van der Waals surface area contributed by atoms with Crippen LogP contribution in [0.25, 0.3) is 5.52 Å². The van der Waals surface area contributed by atoms with Crippen LogP contribution in [-0.4, -0.2) is 44.5 Å². The van der Waals surface area contributed by atoms with E-state index in [2.05, 4.69) is 9.82 Å². The first-order valence-electron chi connectivity index (χ1n) is 12.2. The number of anilines is 1. The predicted molar refractivity (Wildman–Crippen MR) is 150 cm³/mol. The van der Waals surface area contributed by atoms with Crippen LogP contribution in [0, 0.1) is 6.92 Å². The van der Waals surface area contributed by atoms with Gasteiger partial charge in [0.25, 0.3) is 10.0 Å². The number of carbonyl (C=O) groups is 1. The Morgan fingerprint density at radius 1 is 1.07 bits per heavy atom. The smallest absolute Gasteiger partial charge is 0.309 e. The van der Waals surface area contributed by atoms with Gasteiger partial charge in [-0.25, -0.2) is 12.9 Å². The van der Waals surface area contributed by atoms with Crippen molar-refractivity contribution in [2.45, 2.75) is 37.7 Å². The van der Waals surface area contributed by atoms with E-state index in [4.69, 9.17) is 46.9 Å². The molecule has 1 aliphatic rings. The molecule has 1 fully saturated rings. The van der Waals surface area contributed by atoms with Gasteiger partial charge in [-0.15, -0.1) is 0 Å². The van der Waals surface area contributed by atoms with E-state index in [0.29, 0.717) is 28.1 Å². The number of methoxy groups -OCH3 is 2. The lowest BCUT2D eigenvalue weighted by molar-refractivity contribution is -0.382. The van der Waals surface area contributed by atoms with Crippen LogP contribution >= 0.6 is 23.2 Å². The number of pyridine rings is 1. The van der Waals surface area contributed by atoms with Gasteiger partial charge >= 0.3 is 5.97 Å². The van der Waals surface area contributed by atoms with E-state index in [0.717, 1.165) is 0 Å². The summed E-state index contributed by atoms with van der Waals surface area (Å²) in [4.78, 5) is 11.6. The van der Waals surface area contributed by atoms with E-state index >= 15 is 0 Å². The number of halogens is 2. The highest BCUT2D eigenvalue weighted by molar-refractivity contribution is 7.92. The molecule has 3 heterocycles. The quantitative estimate of drug-likeness (QED) is 0.235. The first-order chi connectivity index (χ1) is 19.5. The Bertz CT molecular complexity index is 1750. The summed E-state index contributed by atoms with van der Waals surface area (Å²) in [6.45, 7) is 3.50. The zero-order valence-corrected chi connectivity index (χ0v) is 24.6. The number of esters is 1. The highest BCUT2D eigenvalue weighted by atomic mass is 35.5. The van der Waals surface area contributed by atoms with Gasteiger partial charge in [0, 0.05) is 17.3 Å². The van der Waals surface area contributed by atoms with Gasteiger partial charge in [-0.05, 0) is 49.7 Å². The van der Waals surface area contributed by atoms with E-state index in [1.54, 1.807) is 44.3 Å². The maximum absolute atomic E-state index is 13.6. The second kappa shape index (κ2) is 11.4. The van der Waals surface area contributed by atoms with Crippen molar-refractivity contribution in [1.29, 1.82) is 0 Å². The van der Waals surface area contributed by atoms with Crippen molar-refractivity contribution in [2.75, 3.05) is 18.9 Å². The molecule has 0 amide bonds. The molecule has 216 valence electrons. The molecule has 5 rings (SSSR count). The lowest BCUT2D eigenvalue weighted by atomic mass is 10.1. The standard InChI is InChI=1S/C27H25Cl2N3O8S/c1-14-24(27-38-15(2)39-27)26-25(31-41(34,35)22-8-6-17(28)13-18(22)29)20(9-10-32(26)30-14)40-19-7-5-16(11-21(19)36-3)12-23(33)37-4/h5-11,13,15,27,31H,12H2,1-4H3. The molecule has 0 unspecified atom stereocenters. The molecule has 0 saturated carbocycles. The molecule has 11 nitrogen and oxygen atoms in total. The summed E-state index contributed by atoms with van der Waals surface area (Å²) < 4.78 is 59.4.